The van der Waals surface area contributed by atoms with Crippen LogP contribution in [0.1, 0.15) is 25.1 Å². The molecule has 1 heterocycles. The number of furan rings is 1. The van der Waals surface area contributed by atoms with Crippen molar-refractivity contribution in [1.82, 2.24) is 5.32 Å². The molecule has 1 aromatic heterocycles. The Bertz CT molecular complexity index is 431. The van der Waals surface area contributed by atoms with Gasteiger partial charge >= 0.3 is 0 Å². The minimum Gasteiger partial charge on any atom is -0.459 e. The van der Waals surface area contributed by atoms with Gasteiger partial charge in [-0.25, -0.2) is 0 Å². The van der Waals surface area contributed by atoms with Crippen LogP contribution in [0.25, 0.3) is 11.0 Å². The molecule has 0 aliphatic carbocycles. The third-order valence-corrected chi connectivity index (χ3v) is 2.85. The molecular formula is C14H19NO2. The van der Waals surface area contributed by atoms with Crippen LogP contribution in [0.15, 0.2) is 34.7 Å². The fourth-order valence-electron chi connectivity index (χ4n) is 2.00. The van der Waals surface area contributed by atoms with E-state index in [1.807, 2.05) is 18.2 Å². The molecule has 0 spiro atoms. The zero-order valence-corrected chi connectivity index (χ0v) is 10.4. The summed E-state index contributed by atoms with van der Waals surface area (Å²) in [7, 11) is 1.72. The second kappa shape index (κ2) is 5.84. The van der Waals surface area contributed by atoms with Gasteiger partial charge in [-0.2, -0.15) is 0 Å². The van der Waals surface area contributed by atoms with Crippen LogP contribution < -0.4 is 5.32 Å². The smallest absolute Gasteiger partial charge is 0.134 e. The van der Waals surface area contributed by atoms with Crippen molar-refractivity contribution in [2.45, 2.75) is 19.4 Å². The van der Waals surface area contributed by atoms with Crippen molar-refractivity contribution in [2.24, 2.45) is 0 Å². The number of ether oxygens (including phenoxy) is 1. The molecule has 1 N–H and O–H groups in total. The average Bonchev–Trinajstić information content (AvgIpc) is 2.78. The molecule has 0 aliphatic heterocycles. The summed E-state index contributed by atoms with van der Waals surface area (Å²) in [6.07, 6.45) is 0.921. The minimum absolute atomic E-state index is 0.229. The first-order valence-corrected chi connectivity index (χ1v) is 6.06. The number of fused-ring (bicyclic) bond motifs is 1. The molecule has 0 aliphatic rings. The van der Waals surface area contributed by atoms with Gasteiger partial charge in [0.15, 0.2) is 0 Å². The van der Waals surface area contributed by atoms with E-state index in [0.717, 1.165) is 36.3 Å². The zero-order valence-electron chi connectivity index (χ0n) is 10.4. The van der Waals surface area contributed by atoms with Gasteiger partial charge in [0, 0.05) is 19.1 Å². The van der Waals surface area contributed by atoms with Gasteiger partial charge < -0.3 is 14.5 Å². The molecule has 3 nitrogen and oxygen atoms in total. The Morgan fingerprint density at radius 1 is 1.35 bits per heavy atom. The molecule has 17 heavy (non-hydrogen) atoms. The lowest BCUT2D eigenvalue weighted by Gasteiger charge is -2.14. The van der Waals surface area contributed by atoms with Crippen LogP contribution in [0, 0.1) is 0 Å². The Morgan fingerprint density at radius 3 is 2.88 bits per heavy atom. The summed E-state index contributed by atoms with van der Waals surface area (Å²) >= 11 is 0. The number of rotatable bonds is 6. The first kappa shape index (κ1) is 12.1. The van der Waals surface area contributed by atoms with Crippen molar-refractivity contribution in [3.8, 4) is 0 Å². The van der Waals surface area contributed by atoms with Crippen LogP contribution in [-0.4, -0.2) is 20.3 Å². The van der Waals surface area contributed by atoms with Crippen molar-refractivity contribution in [3.63, 3.8) is 0 Å². The average molecular weight is 233 g/mol. The van der Waals surface area contributed by atoms with Gasteiger partial charge in [0.2, 0.25) is 0 Å². The van der Waals surface area contributed by atoms with E-state index in [0.29, 0.717) is 0 Å². The van der Waals surface area contributed by atoms with Crippen LogP contribution in [-0.2, 0) is 4.74 Å². The Hall–Kier alpha value is -1.32. The Kier molecular flexibility index (Phi) is 4.18. The second-order valence-electron chi connectivity index (χ2n) is 4.08. The molecule has 1 atom stereocenters. The van der Waals surface area contributed by atoms with E-state index in [1.54, 1.807) is 7.11 Å². The summed E-state index contributed by atoms with van der Waals surface area (Å²) in [4.78, 5) is 0. The maximum absolute atomic E-state index is 5.86. The lowest BCUT2D eigenvalue weighted by atomic mass is 10.1. The van der Waals surface area contributed by atoms with Gasteiger partial charge in [-0.1, -0.05) is 25.1 Å². The number of hydrogen-bond donors (Lipinski definition) is 1. The van der Waals surface area contributed by atoms with Crippen LogP contribution in [0.3, 0.4) is 0 Å². The molecule has 2 rings (SSSR count). The van der Waals surface area contributed by atoms with E-state index in [2.05, 4.69) is 24.4 Å². The van der Waals surface area contributed by atoms with Crippen LogP contribution in [0.4, 0.5) is 0 Å². The van der Waals surface area contributed by atoms with Crippen LogP contribution >= 0.6 is 0 Å². The molecular weight excluding hydrogens is 214 g/mol. The zero-order chi connectivity index (χ0) is 12.1. The molecule has 0 amide bonds. The van der Waals surface area contributed by atoms with Gasteiger partial charge in [-0.3, -0.25) is 0 Å². The van der Waals surface area contributed by atoms with E-state index < -0.39 is 0 Å². The first-order valence-electron chi connectivity index (χ1n) is 6.06. The lowest BCUT2D eigenvalue weighted by Crippen LogP contribution is -2.21. The highest BCUT2D eigenvalue weighted by Gasteiger charge is 2.14. The van der Waals surface area contributed by atoms with Crippen LogP contribution in [0.2, 0.25) is 0 Å². The van der Waals surface area contributed by atoms with Crippen molar-refractivity contribution in [1.29, 1.82) is 0 Å². The highest BCUT2D eigenvalue weighted by atomic mass is 16.5. The molecule has 3 heteroatoms. The topological polar surface area (TPSA) is 34.4 Å². The van der Waals surface area contributed by atoms with E-state index in [1.165, 1.54) is 0 Å². The van der Waals surface area contributed by atoms with Gasteiger partial charge in [0.05, 0.1) is 6.04 Å². The molecule has 0 radical (unpaired) electrons. The molecule has 1 unspecified atom stereocenters. The molecule has 0 bridgehead atoms. The SMILES string of the molecule is CCNC(CCOC)c1cc2ccccc2o1. The quantitative estimate of drug-likeness (QED) is 0.832. The van der Waals surface area contributed by atoms with Crippen molar-refractivity contribution >= 4 is 11.0 Å². The number of hydrogen-bond acceptors (Lipinski definition) is 3. The Labute approximate surface area is 102 Å². The predicted octanol–water partition coefficient (Wildman–Crippen LogP) is 3.12. The third kappa shape index (κ3) is 2.87. The van der Waals surface area contributed by atoms with E-state index >= 15 is 0 Å². The number of nitrogens with one attached hydrogen (secondary N) is 1. The molecule has 92 valence electrons. The summed E-state index contributed by atoms with van der Waals surface area (Å²) in [6.45, 7) is 3.75. The fraction of sp³-hybridized carbons (Fsp3) is 0.429. The van der Waals surface area contributed by atoms with Crippen LogP contribution in [0.5, 0.6) is 0 Å². The fourth-order valence-corrected chi connectivity index (χ4v) is 2.00. The highest BCUT2D eigenvalue weighted by molar-refractivity contribution is 5.77. The molecule has 2 aromatic rings. The highest BCUT2D eigenvalue weighted by Crippen LogP contribution is 2.25. The number of para-hydroxylation sites is 1. The summed E-state index contributed by atoms with van der Waals surface area (Å²) in [5.41, 5.74) is 0.947. The lowest BCUT2D eigenvalue weighted by molar-refractivity contribution is 0.179. The van der Waals surface area contributed by atoms with E-state index in [-0.39, 0.29) is 6.04 Å². The first-order chi connectivity index (χ1) is 8.35. The van der Waals surface area contributed by atoms with Gasteiger partial charge in [-0.15, -0.1) is 0 Å². The van der Waals surface area contributed by atoms with Gasteiger partial charge in [0.25, 0.3) is 0 Å². The molecule has 0 saturated heterocycles. The Balaban J connectivity index is 2.21. The van der Waals surface area contributed by atoms with Gasteiger partial charge in [-0.05, 0) is 25.1 Å². The maximum Gasteiger partial charge on any atom is 0.134 e. The van der Waals surface area contributed by atoms with Crippen molar-refractivity contribution < 1.29 is 9.15 Å². The standard InChI is InChI=1S/C14H19NO2/c1-3-15-12(8-9-16-2)14-10-11-6-4-5-7-13(11)17-14/h4-7,10,12,15H,3,8-9H2,1-2H3. The number of benzene rings is 1. The molecule has 0 saturated carbocycles. The molecule has 0 fully saturated rings. The summed E-state index contributed by atoms with van der Waals surface area (Å²) in [6, 6.07) is 10.4. The second-order valence-corrected chi connectivity index (χ2v) is 4.08. The maximum atomic E-state index is 5.86. The normalized spacial score (nSPS) is 13.1. The minimum atomic E-state index is 0.229. The summed E-state index contributed by atoms with van der Waals surface area (Å²) in [5, 5.41) is 4.58. The van der Waals surface area contributed by atoms with Crippen molar-refractivity contribution in [2.75, 3.05) is 20.3 Å². The number of methoxy groups -OCH3 is 1. The predicted molar refractivity (Wildman–Crippen MR) is 69.1 cm³/mol. The van der Waals surface area contributed by atoms with Gasteiger partial charge in [0.1, 0.15) is 11.3 Å². The monoisotopic (exact) mass is 233 g/mol. The third-order valence-electron chi connectivity index (χ3n) is 2.85. The van der Waals surface area contributed by atoms with E-state index in [9.17, 15) is 0 Å². The van der Waals surface area contributed by atoms with Crippen molar-refractivity contribution in [3.05, 3.63) is 36.1 Å². The largest absolute Gasteiger partial charge is 0.459 e. The summed E-state index contributed by atoms with van der Waals surface area (Å²) < 4.78 is 11.0. The Morgan fingerprint density at radius 2 is 2.18 bits per heavy atom. The van der Waals surface area contributed by atoms with E-state index in [4.69, 9.17) is 9.15 Å². The molecule has 1 aromatic carbocycles. The summed E-state index contributed by atoms with van der Waals surface area (Å²) in [5.74, 6) is 0.991.